The molecule has 1 N–H and O–H groups in total. The van der Waals surface area contributed by atoms with E-state index in [2.05, 4.69) is 37.8 Å². The summed E-state index contributed by atoms with van der Waals surface area (Å²) in [5.74, 6) is 0. The first-order valence-electron chi connectivity index (χ1n) is 7.99. The normalized spacial score (nSPS) is 33.5. The van der Waals surface area contributed by atoms with Crippen molar-refractivity contribution in [1.82, 2.24) is 5.32 Å². The van der Waals surface area contributed by atoms with Gasteiger partial charge in [-0.2, -0.15) is 11.8 Å². The van der Waals surface area contributed by atoms with Gasteiger partial charge in [-0.3, -0.25) is 0 Å². The van der Waals surface area contributed by atoms with Gasteiger partial charge < -0.3 is 5.32 Å². The molecule has 1 nitrogen and oxygen atoms in total. The second kappa shape index (κ2) is 6.65. The van der Waals surface area contributed by atoms with Gasteiger partial charge in [-0.25, -0.2) is 0 Å². The highest BCUT2D eigenvalue weighted by molar-refractivity contribution is 8.00. The zero-order valence-corrected chi connectivity index (χ0v) is 13.3. The standard InChI is InChI=1S/C16H31NS/c1-4-17-14-10-11-16(2,3)12-15(14)18-13-8-6-5-7-9-13/h13-15,17H,4-12H2,1-3H3. The van der Waals surface area contributed by atoms with Crippen LogP contribution in [0, 0.1) is 5.41 Å². The summed E-state index contributed by atoms with van der Waals surface area (Å²) < 4.78 is 0. The third-order valence-electron chi connectivity index (χ3n) is 4.72. The highest BCUT2D eigenvalue weighted by Crippen LogP contribution is 2.43. The molecule has 0 spiro atoms. The summed E-state index contributed by atoms with van der Waals surface area (Å²) in [6.45, 7) is 8.31. The average molecular weight is 269 g/mol. The Balaban J connectivity index is 1.91. The van der Waals surface area contributed by atoms with Crippen LogP contribution >= 0.6 is 11.8 Å². The second-order valence-electron chi connectivity index (χ2n) is 7.01. The molecule has 0 aromatic heterocycles. The smallest absolute Gasteiger partial charge is 0.0209 e. The van der Waals surface area contributed by atoms with Crippen LogP contribution in [0.5, 0.6) is 0 Å². The van der Waals surface area contributed by atoms with E-state index in [1.54, 1.807) is 0 Å². The molecule has 2 unspecified atom stereocenters. The fourth-order valence-electron chi connectivity index (χ4n) is 3.61. The maximum Gasteiger partial charge on any atom is 0.0209 e. The van der Waals surface area contributed by atoms with Crippen molar-refractivity contribution in [3.05, 3.63) is 0 Å². The van der Waals surface area contributed by atoms with Crippen molar-refractivity contribution in [2.45, 2.75) is 88.7 Å². The van der Waals surface area contributed by atoms with E-state index < -0.39 is 0 Å². The Morgan fingerprint density at radius 1 is 1.11 bits per heavy atom. The van der Waals surface area contributed by atoms with Gasteiger partial charge in [0.05, 0.1) is 0 Å². The SMILES string of the molecule is CCNC1CCC(C)(C)CC1SC1CCCCC1. The first kappa shape index (κ1) is 14.7. The zero-order chi connectivity index (χ0) is 13.0. The lowest BCUT2D eigenvalue weighted by atomic mass is 9.75. The Morgan fingerprint density at radius 3 is 2.50 bits per heavy atom. The molecule has 2 heteroatoms. The van der Waals surface area contributed by atoms with Gasteiger partial charge >= 0.3 is 0 Å². The monoisotopic (exact) mass is 269 g/mol. The molecule has 0 radical (unpaired) electrons. The van der Waals surface area contributed by atoms with Gasteiger partial charge in [-0.1, -0.05) is 40.0 Å². The lowest BCUT2D eigenvalue weighted by molar-refractivity contribution is 0.214. The highest BCUT2D eigenvalue weighted by atomic mass is 32.2. The summed E-state index contributed by atoms with van der Waals surface area (Å²) in [5.41, 5.74) is 0.568. The largest absolute Gasteiger partial charge is 0.313 e. The first-order chi connectivity index (χ1) is 8.61. The minimum atomic E-state index is 0.568. The van der Waals surface area contributed by atoms with Crippen molar-refractivity contribution < 1.29 is 0 Å². The van der Waals surface area contributed by atoms with Crippen LogP contribution in [0.15, 0.2) is 0 Å². The summed E-state index contributed by atoms with van der Waals surface area (Å²) in [7, 11) is 0. The minimum Gasteiger partial charge on any atom is -0.313 e. The molecule has 0 bridgehead atoms. The van der Waals surface area contributed by atoms with Crippen LogP contribution in [0.4, 0.5) is 0 Å². The van der Waals surface area contributed by atoms with Gasteiger partial charge in [-0.05, 0) is 44.1 Å². The fourth-order valence-corrected chi connectivity index (χ4v) is 5.68. The lowest BCUT2D eigenvalue weighted by Crippen LogP contribution is -2.45. The molecular formula is C16H31NS. The number of nitrogens with one attached hydrogen (secondary N) is 1. The quantitative estimate of drug-likeness (QED) is 0.800. The molecule has 0 saturated heterocycles. The molecule has 0 heterocycles. The van der Waals surface area contributed by atoms with Crippen molar-refractivity contribution in [3.8, 4) is 0 Å². The third kappa shape index (κ3) is 4.16. The van der Waals surface area contributed by atoms with Gasteiger partial charge in [0, 0.05) is 16.5 Å². The Morgan fingerprint density at radius 2 is 1.83 bits per heavy atom. The molecule has 0 aliphatic heterocycles. The predicted octanol–water partition coefficient (Wildman–Crippen LogP) is 4.61. The molecule has 2 saturated carbocycles. The molecule has 2 aliphatic rings. The Labute approximate surface area is 118 Å². The third-order valence-corrected chi connectivity index (χ3v) is 6.42. The number of hydrogen-bond acceptors (Lipinski definition) is 2. The fraction of sp³-hybridized carbons (Fsp3) is 1.00. The second-order valence-corrected chi connectivity index (χ2v) is 8.55. The van der Waals surface area contributed by atoms with Crippen LogP contribution in [-0.4, -0.2) is 23.1 Å². The van der Waals surface area contributed by atoms with Gasteiger partial charge in [0.1, 0.15) is 0 Å². The Kier molecular flexibility index (Phi) is 5.44. The van der Waals surface area contributed by atoms with Crippen LogP contribution in [0.25, 0.3) is 0 Å². The van der Waals surface area contributed by atoms with Crippen LogP contribution in [0.2, 0.25) is 0 Å². The Bertz CT molecular complexity index is 245. The maximum atomic E-state index is 3.74. The van der Waals surface area contributed by atoms with E-state index >= 15 is 0 Å². The van der Waals surface area contributed by atoms with Crippen LogP contribution in [0.1, 0.15) is 72.1 Å². The lowest BCUT2D eigenvalue weighted by Gasteiger charge is -2.42. The van der Waals surface area contributed by atoms with E-state index in [0.717, 1.165) is 23.1 Å². The van der Waals surface area contributed by atoms with Crippen molar-refractivity contribution in [3.63, 3.8) is 0 Å². The van der Waals surface area contributed by atoms with Crippen molar-refractivity contribution in [2.24, 2.45) is 5.41 Å². The zero-order valence-electron chi connectivity index (χ0n) is 12.5. The number of hydrogen-bond donors (Lipinski definition) is 1. The van der Waals surface area contributed by atoms with E-state index in [4.69, 9.17) is 0 Å². The van der Waals surface area contributed by atoms with E-state index in [-0.39, 0.29) is 0 Å². The molecule has 2 rings (SSSR count). The Hall–Kier alpha value is 0.310. The van der Waals surface area contributed by atoms with Crippen molar-refractivity contribution in [2.75, 3.05) is 6.54 Å². The van der Waals surface area contributed by atoms with E-state index in [9.17, 15) is 0 Å². The van der Waals surface area contributed by atoms with E-state index in [1.807, 2.05) is 0 Å². The summed E-state index contributed by atoms with van der Waals surface area (Å²) in [5, 5.41) is 5.56. The number of rotatable bonds is 4. The maximum absolute atomic E-state index is 3.74. The van der Waals surface area contributed by atoms with Gasteiger partial charge in [0.2, 0.25) is 0 Å². The molecule has 2 atom stereocenters. The van der Waals surface area contributed by atoms with E-state index in [0.29, 0.717) is 5.41 Å². The van der Waals surface area contributed by atoms with Crippen LogP contribution in [0.3, 0.4) is 0 Å². The molecule has 18 heavy (non-hydrogen) atoms. The molecule has 2 fully saturated rings. The molecule has 0 aromatic carbocycles. The van der Waals surface area contributed by atoms with Gasteiger partial charge in [0.25, 0.3) is 0 Å². The van der Waals surface area contributed by atoms with Gasteiger partial charge in [-0.15, -0.1) is 0 Å². The molecule has 106 valence electrons. The van der Waals surface area contributed by atoms with Gasteiger partial charge in [0.15, 0.2) is 0 Å². The average Bonchev–Trinajstić information content (AvgIpc) is 2.34. The summed E-state index contributed by atoms with van der Waals surface area (Å²) in [6.07, 6.45) is 11.5. The van der Waals surface area contributed by atoms with Crippen LogP contribution < -0.4 is 5.32 Å². The summed E-state index contributed by atoms with van der Waals surface area (Å²) in [6, 6.07) is 0.773. The van der Waals surface area contributed by atoms with Crippen molar-refractivity contribution in [1.29, 1.82) is 0 Å². The molecule has 0 aromatic rings. The predicted molar refractivity (Wildman–Crippen MR) is 83.3 cm³/mol. The highest BCUT2D eigenvalue weighted by Gasteiger charge is 2.36. The summed E-state index contributed by atoms with van der Waals surface area (Å²) >= 11 is 2.33. The molecular weight excluding hydrogens is 238 g/mol. The van der Waals surface area contributed by atoms with Crippen molar-refractivity contribution >= 4 is 11.8 Å². The number of thioether (sulfide) groups is 1. The molecule has 2 aliphatic carbocycles. The minimum absolute atomic E-state index is 0.568. The topological polar surface area (TPSA) is 12.0 Å². The molecule has 0 amide bonds. The van der Waals surface area contributed by atoms with E-state index in [1.165, 1.54) is 51.4 Å². The van der Waals surface area contributed by atoms with Crippen LogP contribution in [-0.2, 0) is 0 Å². The summed E-state index contributed by atoms with van der Waals surface area (Å²) in [4.78, 5) is 0. The first-order valence-corrected chi connectivity index (χ1v) is 8.94.